The van der Waals surface area contributed by atoms with Crippen molar-refractivity contribution in [2.45, 2.75) is 13.3 Å². The molecule has 1 saturated heterocycles. The summed E-state index contributed by atoms with van der Waals surface area (Å²) in [5, 5.41) is 2.89. The van der Waals surface area contributed by atoms with Crippen LogP contribution in [0.2, 0.25) is 0 Å². The Labute approximate surface area is 214 Å². The van der Waals surface area contributed by atoms with Crippen LogP contribution in [0, 0.1) is 42.4 Å². The number of aryl methyl sites for hydroxylation is 1. The van der Waals surface area contributed by atoms with Gasteiger partial charge in [0.15, 0.2) is 0 Å². The number of amides is 3. The van der Waals surface area contributed by atoms with Crippen molar-refractivity contribution < 1.29 is 19.1 Å². The first-order chi connectivity index (χ1) is 18.0. The Morgan fingerprint density at radius 1 is 0.838 bits per heavy atom. The Morgan fingerprint density at radius 2 is 1.43 bits per heavy atom. The lowest BCUT2D eigenvalue weighted by Gasteiger charge is -2.37. The lowest BCUT2D eigenvalue weighted by atomic mass is 9.63. The van der Waals surface area contributed by atoms with Crippen molar-refractivity contribution in [2.75, 3.05) is 10.2 Å². The molecule has 4 aliphatic carbocycles. The van der Waals surface area contributed by atoms with Crippen molar-refractivity contribution in [1.82, 2.24) is 0 Å². The highest BCUT2D eigenvalue weighted by Crippen LogP contribution is 2.65. The standard InChI is InChI=1S/C31H26N2O4/c1-17-5-9-21(10-6-17)37-22-11-7-19(8-12-22)32-29(34)18-3-2-4-20(15-18)33-30(35)27-23-13-14-24(26-16-25(23)26)28(27)31(33)36/h2-15,23-28H,16H2,1H3,(H,32,34). The summed E-state index contributed by atoms with van der Waals surface area (Å²) >= 11 is 0. The highest BCUT2D eigenvalue weighted by Gasteiger charge is 2.67. The third-order valence-corrected chi connectivity index (χ3v) is 8.40. The molecule has 5 aliphatic rings. The van der Waals surface area contributed by atoms with Gasteiger partial charge in [0.2, 0.25) is 11.8 Å². The largest absolute Gasteiger partial charge is 0.457 e. The van der Waals surface area contributed by atoms with Gasteiger partial charge in [0.1, 0.15) is 11.5 Å². The SMILES string of the molecule is Cc1ccc(Oc2ccc(NC(=O)c3cccc(N4C(=O)C5C6C=CC(C7CC67)C5C4=O)c3)cc2)cc1. The lowest BCUT2D eigenvalue weighted by molar-refractivity contribution is -0.124. The van der Waals surface area contributed by atoms with Crippen LogP contribution in [0.1, 0.15) is 22.3 Å². The van der Waals surface area contributed by atoms with E-state index in [1.165, 1.54) is 4.90 Å². The number of anilines is 2. The zero-order valence-electron chi connectivity index (χ0n) is 20.3. The number of benzene rings is 3. The molecule has 6 nitrogen and oxygen atoms in total. The number of allylic oxidation sites excluding steroid dienone is 2. The van der Waals surface area contributed by atoms with Crippen LogP contribution < -0.4 is 15.0 Å². The summed E-state index contributed by atoms with van der Waals surface area (Å²) in [7, 11) is 0. The molecule has 0 aromatic heterocycles. The second kappa shape index (κ2) is 8.17. The summed E-state index contributed by atoms with van der Waals surface area (Å²) in [5.41, 5.74) is 2.63. The maximum absolute atomic E-state index is 13.4. The van der Waals surface area contributed by atoms with E-state index in [4.69, 9.17) is 4.74 Å². The number of nitrogens with one attached hydrogen (secondary N) is 1. The molecule has 6 atom stereocenters. The first-order valence-corrected chi connectivity index (χ1v) is 12.8. The van der Waals surface area contributed by atoms with E-state index in [2.05, 4.69) is 17.5 Å². The monoisotopic (exact) mass is 490 g/mol. The first kappa shape index (κ1) is 22.0. The molecule has 184 valence electrons. The molecule has 2 bridgehead atoms. The van der Waals surface area contributed by atoms with Gasteiger partial charge in [-0.25, -0.2) is 4.90 Å². The van der Waals surface area contributed by atoms with Crippen LogP contribution in [-0.2, 0) is 9.59 Å². The average molecular weight is 491 g/mol. The summed E-state index contributed by atoms with van der Waals surface area (Å²) in [6.45, 7) is 2.02. The Morgan fingerprint density at radius 3 is 2.05 bits per heavy atom. The molecule has 3 aromatic rings. The van der Waals surface area contributed by atoms with Gasteiger partial charge in [0.05, 0.1) is 17.5 Å². The van der Waals surface area contributed by atoms with Crippen molar-refractivity contribution in [3.05, 3.63) is 96.1 Å². The van der Waals surface area contributed by atoms with E-state index >= 15 is 0 Å². The van der Waals surface area contributed by atoms with Crippen LogP contribution >= 0.6 is 0 Å². The minimum Gasteiger partial charge on any atom is -0.457 e. The van der Waals surface area contributed by atoms with Crippen molar-refractivity contribution in [3.63, 3.8) is 0 Å². The minimum atomic E-state index is -0.312. The van der Waals surface area contributed by atoms with Gasteiger partial charge in [-0.05, 0) is 91.6 Å². The van der Waals surface area contributed by atoms with Gasteiger partial charge in [-0.1, -0.05) is 35.9 Å². The molecular formula is C31H26N2O4. The highest BCUT2D eigenvalue weighted by molar-refractivity contribution is 6.23. The Bertz CT molecular complexity index is 1420. The number of rotatable bonds is 5. The zero-order valence-corrected chi connectivity index (χ0v) is 20.3. The molecule has 2 saturated carbocycles. The van der Waals surface area contributed by atoms with Gasteiger partial charge in [0.25, 0.3) is 5.91 Å². The Kier molecular flexibility index (Phi) is 4.86. The fourth-order valence-corrected chi connectivity index (χ4v) is 6.55. The molecule has 3 fully saturated rings. The van der Waals surface area contributed by atoms with E-state index in [-0.39, 0.29) is 41.4 Å². The van der Waals surface area contributed by atoms with Crippen LogP contribution in [0.3, 0.4) is 0 Å². The molecule has 37 heavy (non-hydrogen) atoms. The van der Waals surface area contributed by atoms with Crippen LogP contribution in [0.15, 0.2) is 84.9 Å². The van der Waals surface area contributed by atoms with Gasteiger partial charge in [-0.2, -0.15) is 0 Å². The quantitative estimate of drug-likeness (QED) is 0.373. The summed E-state index contributed by atoms with van der Waals surface area (Å²) in [6, 6.07) is 21.7. The topological polar surface area (TPSA) is 75.7 Å². The first-order valence-electron chi connectivity index (χ1n) is 12.8. The third-order valence-electron chi connectivity index (χ3n) is 8.40. The summed E-state index contributed by atoms with van der Waals surface area (Å²) in [4.78, 5) is 41.2. The fraction of sp³-hybridized carbons (Fsp3) is 0.258. The Balaban J connectivity index is 1.06. The van der Waals surface area contributed by atoms with Gasteiger partial charge >= 0.3 is 0 Å². The fourth-order valence-electron chi connectivity index (χ4n) is 6.55. The second-order valence-electron chi connectivity index (χ2n) is 10.6. The van der Waals surface area contributed by atoms with Crippen LogP contribution in [0.4, 0.5) is 11.4 Å². The molecule has 3 amide bonds. The maximum Gasteiger partial charge on any atom is 0.255 e. The molecule has 0 spiro atoms. The van der Waals surface area contributed by atoms with E-state index in [1.54, 1.807) is 48.5 Å². The normalized spacial score (nSPS) is 28.6. The van der Waals surface area contributed by atoms with Crippen molar-refractivity contribution in [3.8, 4) is 11.5 Å². The molecule has 1 heterocycles. The number of hydrogen-bond acceptors (Lipinski definition) is 4. The number of ether oxygens (including phenoxy) is 1. The van der Waals surface area contributed by atoms with Gasteiger partial charge in [-0.15, -0.1) is 0 Å². The van der Waals surface area contributed by atoms with E-state index in [0.717, 1.165) is 17.7 Å². The summed E-state index contributed by atoms with van der Waals surface area (Å²) in [6.07, 6.45) is 5.45. The van der Waals surface area contributed by atoms with Crippen molar-refractivity contribution in [1.29, 1.82) is 0 Å². The van der Waals surface area contributed by atoms with Crippen LogP contribution in [0.5, 0.6) is 11.5 Å². The van der Waals surface area contributed by atoms with E-state index < -0.39 is 0 Å². The number of carbonyl (C=O) groups excluding carboxylic acids is 3. The molecule has 3 aromatic carbocycles. The highest BCUT2D eigenvalue weighted by atomic mass is 16.5. The van der Waals surface area contributed by atoms with Crippen LogP contribution in [0.25, 0.3) is 0 Å². The average Bonchev–Trinajstić information content (AvgIpc) is 3.69. The van der Waals surface area contributed by atoms with Gasteiger partial charge in [-0.3, -0.25) is 14.4 Å². The van der Waals surface area contributed by atoms with E-state index in [9.17, 15) is 14.4 Å². The molecule has 8 rings (SSSR count). The van der Waals surface area contributed by atoms with Crippen molar-refractivity contribution >= 4 is 29.1 Å². The van der Waals surface area contributed by atoms with Gasteiger partial charge in [0, 0.05) is 11.3 Å². The van der Waals surface area contributed by atoms with Crippen LogP contribution in [-0.4, -0.2) is 17.7 Å². The van der Waals surface area contributed by atoms with E-state index in [0.29, 0.717) is 34.5 Å². The minimum absolute atomic E-state index is 0.124. The molecule has 6 heteroatoms. The van der Waals surface area contributed by atoms with E-state index in [1.807, 2.05) is 31.2 Å². The lowest BCUT2D eigenvalue weighted by Crippen LogP contribution is -2.40. The third kappa shape index (κ3) is 3.58. The molecular weight excluding hydrogens is 464 g/mol. The molecule has 1 aliphatic heterocycles. The number of carbonyl (C=O) groups is 3. The predicted molar refractivity (Wildman–Crippen MR) is 139 cm³/mol. The maximum atomic E-state index is 13.4. The number of imide groups is 1. The summed E-state index contributed by atoms with van der Waals surface area (Å²) in [5.74, 6) is 1.78. The smallest absolute Gasteiger partial charge is 0.255 e. The Hall–Kier alpha value is -4.19. The predicted octanol–water partition coefficient (Wildman–Crippen LogP) is 5.60. The summed E-state index contributed by atoms with van der Waals surface area (Å²) < 4.78 is 5.85. The van der Waals surface area contributed by atoms with Crippen molar-refractivity contribution in [2.24, 2.45) is 35.5 Å². The molecule has 6 unspecified atom stereocenters. The van der Waals surface area contributed by atoms with Gasteiger partial charge < -0.3 is 10.1 Å². The molecule has 0 radical (unpaired) electrons. The number of nitrogens with zero attached hydrogens (tertiary/aromatic N) is 1. The zero-order chi connectivity index (χ0) is 25.3. The second-order valence-corrected chi connectivity index (χ2v) is 10.6. The number of hydrogen-bond donors (Lipinski definition) is 1. The molecule has 1 N–H and O–H groups in total.